The van der Waals surface area contributed by atoms with Crippen LogP contribution in [-0.2, 0) is 4.79 Å². The summed E-state index contributed by atoms with van der Waals surface area (Å²) in [5, 5.41) is 2.99. The fourth-order valence-corrected chi connectivity index (χ4v) is 1.99. The number of hydrogen-bond acceptors (Lipinski definition) is 3. The smallest absolute Gasteiger partial charge is 0.234 e. The monoisotopic (exact) mass is 327 g/mol. The van der Waals surface area contributed by atoms with E-state index in [1.165, 1.54) is 0 Å². The van der Waals surface area contributed by atoms with Crippen LogP contribution in [0.5, 0.6) is 11.5 Å². The van der Waals surface area contributed by atoms with Gasteiger partial charge in [0.15, 0.2) is 11.5 Å². The molecule has 0 fully saturated rings. The van der Waals surface area contributed by atoms with Crippen molar-refractivity contribution < 1.29 is 14.3 Å². The first kappa shape index (κ1) is 14.2. The van der Waals surface area contributed by atoms with E-state index in [1.54, 1.807) is 0 Å². The van der Waals surface area contributed by atoms with Gasteiger partial charge in [0.05, 0.1) is 10.9 Å². The molecule has 0 aliphatic carbocycles. The Bertz CT molecular complexity index is 476. The van der Waals surface area contributed by atoms with Crippen LogP contribution in [0.25, 0.3) is 0 Å². The fraction of sp³-hybridized carbons (Fsp3) is 0.500. The summed E-state index contributed by atoms with van der Waals surface area (Å²) in [6.07, 6.45) is 0. The summed E-state index contributed by atoms with van der Waals surface area (Å²) in [6.45, 7) is 6.22. The van der Waals surface area contributed by atoms with Crippen LogP contribution >= 0.6 is 15.9 Å². The van der Waals surface area contributed by atoms with E-state index in [1.807, 2.05) is 39.0 Å². The van der Waals surface area contributed by atoms with Crippen molar-refractivity contribution in [3.63, 3.8) is 0 Å². The number of carbonyl (C=O) groups excluding carboxylic acids is 1. The molecule has 1 aliphatic heterocycles. The van der Waals surface area contributed by atoms with Crippen LogP contribution in [0.1, 0.15) is 32.4 Å². The molecular weight excluding hydrogens is 310 g/mol. The SMILES string of the molecule is CC(NC(=O)C(Br)C(C)C)c1ccc2c(c1)OCO2. The van der Waals surface area contributed by atoms with Gasteiger partial charge in [0, 0.05) is 0 Å². The van der Waals surface area contributed by atoms with Crippen LogP contribution in [-0.4, -0.2) is 17.5 Å². The summed E-state index contributed by atoms with van der Waals surface area (Å²) in [5.41, 5.74) is 1.00. The Balaban J connectivity index is 2.04. The molecule has 1 aliphatic rings. The number of rotatable bonds is 4. The van der Waals surface area contributed by atoms with E-state index >= 15 is 0 Å². The third-order valence-corrected chi connectivity index (χ3v) is 4.56. The van der Waals surface area contributed by atoms with Gasteiger partial charge in [-0.25, -0.2) is 0 Å². The molecule has 4 nitrogen and oxygen atoms in total. The van der Waals surface area contributed by atoms with Gasteiger partial charge in [-0.3, -0.25) is 4.79 Å². The first-order chi connectivity index (χ1) is 8.99. The number of nitrogens with one attached hydrogen (secondary N) is 1. The minimum absolute atomic E-state index is 0.000154. The van der Waals surface area contributed by atoms with E-state index in [0.29, 0.717) is 0 Å². The molecule has 2 atom stereocenters. The highest BCUT2D eigenvalue weighted by atomic mass is 79.9. The standard InChI is InChI=1S/C14H18BrNO3/c1-8(2)13(15)14(17)16-9(3)10-4-5-11-12(6-10)19-7-18-11/h4-6,8-9,13H,7H2,1-3H3,(H,16,17). The van der Waals surface area contributed by atoms with Crippen LogP contribution in [0.2, 0.25) is 0 Å². The van der Waals surface area contributed by atoms with E-state index < -0.39 is 0 Å². The molecule has 1 amide bonds. The molecule has 2 unspecified atom stereocenters. The number of carbonyl (C=O) groups is 1. The molecular formula is C14H18BrNO3. The number of benzene rings is 1. The van der Waals surface area contributed by atoms with Crippen LogP contribution in [0.3, 0.4) is 0 Å². The molecule has 1 heterocycles. The largest absolute Gasteiger partial charge is 0.454 e. The van der Waals surface area contributed by atoms with Crippen molar-refractivity contribution in [3.05, 3.63) is 23.8 Å². The van der Waals surface area contributed by atoms with Crippen molar-refractivity contribution in [1.29, 1.82) is 0 Å². The van der Waals surface area contributed by atoms with Crippen LogP contribution in [0.15, 0.2) is 18.2 Å². The summed E-state index contributed by atoms with van der Waals surface area (Å²) in [5.74, 6) is 1.74. The highest BCUT2D eigenvalue weighted by Gasteiger charge is 2.22. The second-order valence-corrected chi connectivity index (χ2v) is 5.98. The van der Waals surface area contributed by atoms with Crippen LogP contribution in [0, 0.1) is 5.92 Å². The third-order valence-electron chi connectivity index (χ3n) is 3.09. The lowest BCUT2D eigenvalue weighted by atomic mass is 10.1. The lowest BCUT2D eigenvalue weighted by Gasteiger charge is -2.19. The predicted octanol–water partition coefficient (Wildman–Crippen LogP) is 3.01. The molecule has 19 heavy (non-hydrogen) atoms. The van der Waals surface area contributed by atoms with E-state index in [0.717, 1.165) is 17.1 Å². The van der Waals surface area contributed by atoms with Crippen molar-refractivity contribution in [3.8, 4) is 11.5 Å². The van der Waals surface area contributed by atoms with Gasteiger partial charge in [-0.15, -0.1) is 0 Å². The molecule has 0 bridgehead atoms. The fourth-order valence-electron chi connectivity index (χ4n) is 1.86. The number of ether oxygens (including phenoxy) is 2. The Morgan fingerprint density at radius 2 is 1.95 bits per heavy atom. The van der Waals surface area contributed by atoms with Crippen LogP contribution in [0.4, 0.5) is 0 Å². The maximum absolute atomic E-state index is 12.0. The first-order valence-corrected chi connectivity index (χ1v) is 7.24. The summed E-state index contributed by atoms with van der Waals surface area (Å²) in [7, 11) is 0. The highest BCUT2D eigenvalue weighted by Crippen LogP contribution is 2.34. The van der Waals surface area contributed by atoms with Crippen molar-refractivity contribution >= 4 is 21.8 Å². The topological polar surface area (TPSA) is 47.6 Å². The molecule has 1 N–H and O–H groups in total. The van der Waals surface area contributed by atoms with Gasteiger partial charge in [0.2, 0.25) is 12.7 Å². The normalized spacial score (nSPS) is 16.3. The quantitative estimate of drug-likeness (QED) is 0.865. The average molecular weight is 328 g/mol. The summed E-state index contributed by atoms with van der Waals surface area (Å²) < 4.78 is 10.6. The van der Waals surface area contributed by atoms with Crippen molar-refractivity contribution in [2.75, 3.05) is 6.79 Å². The Morgan fingerprint density at radius 3 is 2.63 bits per heavy atom. The number of alkyl halides is 1. The predicted molar refractivity (Wildman–Crippen MR) is 76.7 cm³/mol. The Morgan fingerprint density at radius 1 is 1.26 bits per heavy atom. The maximum Gasteiger partial charge on any atom is 0.234 e. The lowest BCUT2D eigenvalue weighted by molar-refractivity contribution is -0.121. The van der Waals surface area contributed by atoms with Gasteiger partial charge in [-0.05, 0) is 30.5 Å². The van der Waals surface area contributed by atoms with Gasteiger partial charge >= 0.3 is 0 Å². The summed E-state index contributed by atoms with van der Waals surface area (Å²) >= 11 is 3.40. The van der Waals surface area contributed by atoms with Gasteiger partial charge in [-0.2, -0.15) is 0 Å². The molecule has 0 radical (unpaired) electrons. The average Bonchev–Trinajstić information content (AvgIpc) is 2.84. The maximum atomic E-state index is 12.0. The Labute approximate surface area is 121 Å². The highest BCUT2D eigenvalue weighted by molar-refractivity contribution is 9.10. The molecule has 0 spiro atoms. The van der Waals surface area contributed by atoms with Gasteiger partial charge in [-0.1, -0.05) is 35.8 Å². The summed E-state index contributed by atoms with van der Waals surface area (Å²) in [4.78, 5) is 11.8. The zero-order valence-corrected chi connectivity index (χ0v) is 12.9. The molecule has 104 valence electrons. The third kappa shape index (κ3) is 3.21. The zero-order chi connectivity index (χ0) is 14.0. The Kier molecular flexibility index (Phi) is 4.34. The van der Waals surface area contributed by atoms with E-state index in [-0.39, 0.29) is 29.5 Å². The molecule has 5 heteroatoms. The van der Waals surface area contributed by atoms with Crippen molar-refractivity contribution in [2.45, 2.75) is 31.6 Å². The van der Waals surface area contributed by atoms with Gasteiger partial charge in [0.1, 0.15) is 0 Å². The van der Waals surface area contributed by atoms with E-state index in [4.69, 9.17) is 9.47 Å². The number of halogens is 1. The second kappa shape index (κ2) is 5.82. The first-order valence-electron chi connectivity index (χ1n) is 6.33. The minimum atomic E-state index is -0.177. The second-order valence-electron chi connectivity index (χ2n) is 4.99. The van der Waals surface area contributed by atoms with Crippen molar-refractivity contribution in [1.82, 2.24) is 5.32 Å². The molecule has 0 saturated heterocycles. The summed E-state index contributed by atoms with van der Waals surface area (Å²) in [6, 6.07) is 5.65. The zero-order valence-electron chi connectivity index (χ0n) is 11.3. The number of fused-ring (bicyclic) bond motifs is 1. The molecule has 0 saturated carbocycles. The van der Waals surface area contributed by atoms with Crippen molar-refractivity contribution in [2.24, 2.45) is 5.92 Å². The van der Waals surface area contributed by atoms with Gasteiger partial charge in [0.25, 0.3) is 0 Å². The molecule has 0 aromatic heterocycles. The molecule has 1 aromatic rings. The lowest BCUT2D eigenvalue weighted by Crippen LogP contribution is -2.35. The minimum Gasteiger partial charge on any atom is -0.454 e. The van der Waals surface area contributed by atoms with E-state index in [9.17, 15) is 4.79 Å². The van der Waals surface area contributed by atoms with E-state index in [2.05, 4.69) is 21.2 Å². The Hall–Kier alpha value is -1.23. The number of hydrogen-bond donors (Lipinski definition) is 1. The van der Waals surface area contributed by atoms with Crippen LogP contribution < -0.4 is 14.8 Å². The molecule has 2 rings (SSSR count). The molecule has 1 aromatic carbocycles. The number of amides is 1. The van der Waals surface area contributed by atoms with Gasteiger partial charge < -0.3 is 14.8 Å².